The van der Waals surface area contributed by atoms with Gasteiger partial charge < -0.3 is 10.1 Å². The van der Waals surface area contributed by atoms with Gasteiger partial charge in [0.1, 0.15) is 11.6 Å². The molecule has 0 aromatic carbocycles. The summed E-state index contributed by atoms with van der Waals surface area (Å²) in [5.74, 6) is -0.0680. The lowest BCUT2D eigenvalue weighted by Gasteiger charge is -2.09. The Kier molecular flexibility index (Phi) is 5.61. The van der Waals surface area contributed by atoms with Crippen LogP contribution in [0.3, 0.4) is 0 Å². The molecule has 0 spiro atoms. The minimum Gasteiger partial charge on any atom is -0.475 e. The van der Waals surface area contributed by atoms with Crippen molar-refractivity contribution in [3.63, 3.8) is 0 Å². The highest BCUT2D eigenvalue weighted by molar-refractivity contribution is 6.42. The van der Waals surface area contributed by atoms with Gasteiger partial charge >= 0.3 is 0 Å². The van der Waals surface area contributed by atoms with Crippen LogP contribution < -0.4 is 10.1 Å². The quantitative estimate of drug-likeness (QED) is 0.667. The molecule has 1 N–H and O–H groups in total. The average Bonchev–Trinajstić information content (AvgIpc) is 2.49. The Balaban J connectivity index is 1.83. The summed E-state index contributed by atoms with van der Waals surface area (Å²) in [6.45, 7) is 0.475. The number of pyridine rings is 2. The first-order chi connectivity index (χ1) is 10.1. The summed E-state index contributed by atoms with van der Waals surface area (Å²) < 4.78 is 5.34. The molecule has 0 fully saturated rings. The minimum atomic E-state index is -0.236. The Morgan fingerprint density at radius 3 is 2.81 bits per heavy atom. The van der Waals surface area contributed by atoms with E-state index in [9.17, 15) is 4.79 Å². The SMILES string of the molecule is O=C(NCCOc1nc(Cl)c(Cl)cc1Cl)c1cccnc1. The van der Waals surface area contributed by atoms with Gasteiger partial charge in [-0.05, 0) is 18.2 Å². The molecule has 0 aliphatic carbocycles. The van der Waals surface area contributed by atoms with Crippen molar-refractivity contribution in [3.8, 4) is 5.88 Å². The number of hydrogen-bond donors (Lipinski definition) is 1. The number of halogens is 3. The maximum atomic E-state index is 11.7. The van der Waals surface area contributed by atoms with E-state index >= 15 is 0 Å². The van der Waals surface area contributed by atoms with E-state index in [-0.39, 0.29) is 40.1 Å². The van der Waals surface area contributed by atoms with Gasteiger partial charge in [-0.15, -0.1) is 0 Å². The number of nitrogens with zero attached hydrogens (tertiary/aromatic N) is 2. The fourth-order valence-electron chi connectivity index (χ4n) is 1.44. The van der Waals surface area contributed by atoms with Crippen LogP contribution in [-0.4, -0.2) is 29.0 Å². The van der Waals surface area contributed by atoms with Crippen molar-refractivity contribution in [1.29, 1.82) is 0 Å². The lowest BCUT2D eigenvalue weighted by atomic mass is 10.3. The van der Waals surface area contributed by atoms with Gasteiger partial charge in [-0.3, -0.25) is 9.78 Å². The number of rotatable bonds is 5. The van der Waals surface area contributed by atoms with Gasteiger partial charge in [0, 0.05) is 12.4 Å². The van der Waals surface area contributed by atoms with Crippen LogP contribution >= 0.6 is 34.8 Å². The predicted octanol–water partition coefficient (Wildman–Crippen LogP) is 3.25. The molecule has 2 heterocycles. The number of carbonyl (C=O) groups excluding carboxylic acids is 1. The van der Waals surface area contributed by atoms with Crippen molar-refractivity contribution >= 4 is 40.7 Å². The van der Waals surface area contributed by atoms with Crippen molar-refractivity contribution in [2.45, 2.75) is 0 Å². The Morgan fingerprint density at radius 2 is 2.10 bits per heavy atom. The predicted molar refractivity (Wildman–Crippen MR) is 81.3 cm³/mol. The van der Waals surface area contributed by atoms with Crippen LogP contribution in [0.25, 0.3) is 0 Å². The van der Waals surface area contributed by atoms with Gasteiger partial charge in [-0.2, -0.15) is 4.98 Å². The molecular formula is C13H10Cl3N3O2. The lowest BCUT2D eigenvalue weighted by molar-refractivity contribution is 0.0946. The van der Waals surface area contributed by atoms with Gasteiger partial charge in [0.25, 0.3) is 5.91 Å². The first-order valence-electron chi connectivity index (χ1n) is 5.90. The summed E-state index contributed by atoms with van der Waals surface area (Å²) >= 11 is 17.4. The number of nitrogens with one attached hydrogen (secondary N) is 1. The third-order valence-corrected chi connectivity index (χ3v) is 3.35. The van der Waals surface area contributed by atoms with Crippen LogP contribution in [-0.2, 0) is 0 Å². The van der Waals surface area contributed by atoms with Crippen molar-refractivity contribution < 1.29 is 9.53 Å². The van der Waals surface area contributed by atoms with Gasteiger partial charge in [0.15, 0.2) is 5.15 Å². The molecule has 2 aromatic heterocycles. The zero-order valence-corrected chi connectivity index (χ0v) is 12.9. The summed E-state index contributed by atoms with van der Waals surface area (Å²) in [7, 11) is 0. The standard InChI is InChI=1S/C13H10Cl3N3O2/c14-9-6-10(15)13(19-11(9)16)21-5-4-18-12(20)8-2-1-3-17-7-8/h1-3,6-7H,4-5H2,(H,18,20). The molecule has 0 unspecified atom stereocenters. The largest absolute Gasteiger partial charge is 0.475 e. The summed E-state index contributed by atoms with van der Waals surface area (Å²) in [5, 5.41) is 3.29. The van der Waals surface area contributed by atoms with Crippen molar-refractivity contribution in [2.24, 2.45) is 0 Å². The molecule has 0 bridgehead atoms. The highest BCUT2D eigenvalue weighted by Gasteiger charge is 2.09. The number of carbonyl (C=O) groups is 1. The molecule has 8 heteroatoms. The fourth-order valence-corrected chi connectivity index (χ4v) is 1.99. The molecule has 5 nitrogen and oxygen atoms in total. The molecule has 2 aromatic rings. The first kappa shape index (κ1) is 15.8. The summed E-state index contributed by atoms with van der Waals surface area (Å²) in [6, 6.07) is 4.80. The van der Waals surface area contributed by atoms with E-state index in [4.69, 9.17) is 39.5 Å². The van der Waals surface area contributed by atoms with E-state index < -0.39 is 0 Å². The zero-order chi connectivity index (χ0) is 15.2. The second kappa shape index (κ2) is 7.45. The van der Waals surface area contributed by atoms with Gasteiger partial charge in [0.05, 0.1) is 17.1 Å². The normalized spacial score (nSPS) is 10.2. The Morgan fingerprint density at radius 1 is 1.29 bits per heavy atom. The van der Waals surface area contributed by atoms with Crippen LogP contribution in [0, 0.1) is 0 Å². The second-order valence-corrected chi connectivity index (χ2v) is 5.07. The number of amides is 1. The highest BCUT2D eigenvalue weighted by atomic mass is 35.5. The Bertz CT molecular complexity index is 638. The van der Waals surface area contributed by atoms with E-state index in [1.165, 1.54) is 12.3 Å². The van der Waals surface area contributed by atoms with Crippen molar-refractivity contribution in [1.82, 2.24) is 15.3 Å². The van der Waals surface area contributed by atoms with Crippen LogP contribution in [0.15, 0.2) is 30.6 Å². The van der Waals surface area contributed by atoms with Crippen LogP contribution in [0.1, 0.15) is 10.4 Å². The average molecular weight is 347 g/mol. The fraction of sp³-hybridized carbons (Fsp3) is 0.154. The molecule has 0 atom stereocenters. The Labute approximate surface area is 136 Å². The maximum absolute atomic E-state index is 11.7. The van der Waals surface area contributed by atoms with E-state index in [0.717, 1.165) is 0 Å². The van der Waals surface area contributed by atoms with Gasteiger partial charge in [-0.25, -0.2) is 0 Å². The molecule has 0 radical (unpaired) electrons. The van der Waals surface area contributed by atoms with Crippen molar-refractivity contribution in [3.05, 3.63) is 51.4 Å². The van der Waals surface area contributed by atoms with Crippen LogP contribution in [0.2, 0.25) is 15.2 Å². The monoisotopic (exact) mass is 345 g/mol. The molecule has 2 rings (SSSR count). The molecular weight excluding hydrogens is 337 g/mol. The van der Waals surface area contributed by atoms with E-state index in [1.54, 1.807) is 18.3 Å². The first-order valence-corrected chi connectivity index (χ1v) is 7.04. The van der Waals surface area contributed by atoms with Crippen LogP contribution in [0.5, 0.6) is 5.88 Å². The topological polar surface area (TPSA) is 64.1 Å². The van der Waals surface area contributed by atoms with E-state index in [2.05, 4.69) is 15.3 Å². The number of ether oxygens (including phenoxy) is 1. The maximum Gasteiger partial charge on any atom is 0.252 e. The minimum absolute atomic E-state index is 0.107. The number of hydrogen-bond acceptors (Lipinski definition) is 4. The smallest absolute Gasteiger partial charge is 0.252 e. The summed E-state index contributed by atoms with van der Waals surface area (Å²) in [5.41, 5.74) is 0.475. The summed E-state index contributed by atoms with van der Waals surface area (Å²) in [6.07, 6.45) is 3.07. The van der Waals surface area contributed by atoms with Crippen molar-refractivity contribution in [2.75, 3.05) is 13.2 Å². The molecule has 0 saturated heterocycles. The van der Waals surface area contributed by atoms with E-state index in [1.807, 2.05) is 0 Å². The third kappa shape index (κ3) is 4.46. The second-order valence-electron chi connectivity index (χ2n) is 3.89. The van der Waals surface area contributed by atoms with Gasteiger partial charge in [-0.1, -0.05) is 34.8 Å². The Hall–Kier alpha value is -1.56. The zero-order valence-electron chi connectivity index (χ0n) is 10.6. The number of aromatic nitrogens is 2. The van der Waals surface area contributed by atoms with Crippen LogP contribution in [0.4, 0.5) is 0 Å². The molecule has 1 amide bonds. The third-order valence-electron chi connectivity index (χ3n) is 2.40. The summed E-state index contributed by atoms with van der Waals surface area (Å²) in [4.78, 5) is 19.5. The molecule has 0 aliphatic rings. The van der Waals surface area contributed by atoms with Gasteiger partial charge in [0.2, 0.25) is 5.88 Å². The molecule has 0 aliphatic heterocycles. The highest BCUT2D eigenvalue weighted by Crippen LogP contribution is 2.30. The van der Waals surface area contributed by atoms with E-state index in [0.29, 0.717) is 5.56 Å². The molecule has 21 heavy (non-hydrogen) atoms. The lowest BCUT2D eigenvalue weighted by Crippen LogP contribution is -2.28. The molecule has 0 saturated carbocycles. The molecule has 110 valence electrons.